The number of aryl methyl sites for hydroxylation is 1. The van der Waals surface area contributed by atoms with E-state index in [0.29, 0.717) is 35.9 Å². The van der Waals surface area contributed by atoms with Crippen LogP contribution in [0.2, 0.25) is 0 Å². The number of pyridine rings is 2. The molecular formula is C21H21FN4O2S. The first-order valence-electron chi connectivity index (χ1n) is 9.38. The summed E-state index contributed by atoms with van der Waals surface area (Å²) in [6.45, 7) is 1.98. The predicted molar refractivity (Wildman–Crippen MR) is 109 cm³/mol. The molecule has 2 aromatic heterocycles. The molecule has 1 aromatic carbocycles. The van der Waals surface area contributed by atoms with Crippen LogP contribution in [0.5, 0.6) is 0 Å². The number of sulfonamides is 1. The minimum absolute atomic E-state index is 0.0322. The van der Waals surface area contributed by atoms with Gasteiger partial charge in [-0.3, -0.25) is 0 Å². The Kier molecular flexibility index (Phi) is 5.29. The largest absolute Gasteiger partial charge is 0.325 e. The second-order valence-corrected chi connectivity index (χ2v) is 8.86. The minimum Gasteiger partial charge on any atom is -0.325 e. The van der Waals surface area contributed by atoms with E-state index >= 15 is 0 Å². The molecule has 1 saturated heterocycles. The number of nitrogens with zero attached hydrogens (tertiary/aromatic N) is 3. The van der Waals surface area contributed by atoms with Gasteiger partial charge in [0, 0.05) is 12.7 Å². The molecular weight excluding hydrogens is 391 g/mol. The van der Waals surface area contributed by atoms with Crippen LogP contribution in [0.3, 0.4) is 0 Å². The van der Waals surface area contributed by atoms with Crippen LogP contribution >= 0.6 is 0 Å². The van der Waals surface area contributed by atoms with Gasteiger partial charge >= 0.3 is 0 Å². The van der Waals surface area contributed by atoms with E-state index in [0.717, 1.165) is 12.5 Å². The molecule has 3 aromatic rings. The van der Waals surface area contributed by atoms with E-state index in [9.17, 15) is 12.8 Å². The zero-order valence-corrected chi connectivity index (χ0v) is 16.7. The van der Waals surface area contributed by atoms with Crippen molar-refractivity contribution in [3.05, 3.63) is 77.9 Å². The average Bonchev–Trinajstić information content (AvgIpc) is 3.22. The number of nitrogens with one attached hydrogen (secondary N) is 1. The lowest BCUT2D eigenvalue weighted by atomic mass is 10.1. The number of aromatic nitrogens is 2. The summed E-state index contributed by atoms with van der Waals surface area (Å²) >= 11 is 0. The van der Waals surface area contributed by atoms with E-state index in [1.165, 1.54) is 16.4 Å². The molecule has 0 aliphatic carbocycles. The number of halogens is 1. The molecule has 1 atom stereocenters. The zero-order chi connectivity index (χ0) is 20.4. The first kappa shape index (κ1) is 19.5. The number of hydrogen-bond acceptors (Lipinski definition) is 5. The van der Waals surface area contributed by atoms with Crippen LogP contribution in [0.15, 0.2) is 65.7 Å². The smallest absolute Gasteiger partial charge is 0.243 e. The minimum atomic E-state index is -3.83. The van der Waals surface area contributed by atoms with Crippen molar-refractivity contribution >= 4 is 21.7 Å². The van der Waals surface area contributed by atoms with Crippen molar-refractivity contribution in [3.63, 3.8) is 0 Å². The second-order valence-electron chi connectivity index (χ2n) is 6.97. The molecule has 0 spiro atoms. The second kappa shape index (κ2) is 7.88. The fourth-order valence-electron chi connectivity index (χ4n) is 3.47. The number of anilines is 2. The van der Waals surface area contributed by atoms with Crippen LogP contribution in [0, 0.1) is 12.7 Å². The monoisotopic (exact) mass is 412 g/mol. The van der Waals surface area contributed by atoms with Gasteiger partial charge in [0.2, 0.25) is 10.0 Å². The van der Waals surface area contributed by atoms with Crippen molar-refractivity contribution in [2.24, 2.45) is 0 Å². The summed E-state index contributed by atoms with van der Waals surface area (Å²) in [5.41, 5.74) is 1.07. The third kappa shape index (κ3) is 3.99. The molecule has 29 heavy (non-hydrogen) atoms. The first-order valence-corrected chi connectivity index (χ1v) is 10.8. The summed E-state index contributed by atoms with van der Waals surface area (Å²) in [7, 11) is -3.83. The highest BCUT2D eigenvalue weighted by molar-refractivity contribution is 7.89. The summed E-state index contributed by atoms with van der Waals surface area (Å²) < 4.78 is 41.7. The number of benzene rings is 1. The highest BCUT2D eigenvalue weighted by atomic mass is 32.2. The molecule has 0 saturated carbocycles. The van der Waals surface area contributed by atoms with Gasteiger partial charge in [0.05, 0.1) is 16.6 Å². The van der Waals surface area contributed by atoms with Crippen molar-refractivity contribution in [1.29, 1.82) is 0 Å². The molecule has 0 amide bonds. The summed E-state index contributed by atoms with van der Waals surface area (Å²) in [6.07, 6.45) is 3.06. The quantitative estimate of drug-likeness (QED) is 0.680. The standard InChI is InChI=1S/C21H21FN4O2S/c1-15-10-11-16(14-17(15)22)29(27,28)26-13-5-7-19(26)18-6-4-9-21(24-18)25-20-8-2-3-12-23-20/h2-4,6,8-12,14,19H,5,7,13H2,1H3,(H,23,24,25)/t19-/m1/s1. The third-order valence-electron chi connectivity index (χ3n) is 4.99. The lowest BCUT2D eigenvalue weighted by molar-refractivity contribution is 0.390. The van der Waals surface area contributed by atoms with Crippen molar-refractivity contribution in [1.82, 2.24) is 14.3 Å². The Bertz CT molecular complexity index is 1120. The normalized spacial score (nSPS) is 17.4. The van der Waals surface area contributed by atoms with Gasteiger partial charge in [-0.2, -0.15) is 4.31 Å². The molecule has 1 aliphatic rings. The Balaban J connectivity index is 1.63. The fraction of sp³-hybridized carbons (Fsp3) is 0.238. The van der Waals surface area contributed by atoms with Gasteiger partial charge in [0.1, 0.15) is 17.5 Å². The SMILES string of the molecule is Cc1ccc(S(=O)(=O)N2CCC[C@@H]2c2cccc(Nc3ccccn3)n2)cc1F. The Labute approximate surface area is 169 Å². The molecule has 1 fully saturated rings. The van der Waals surface area contributed by atoms with E-state index in [-0.39, 0.29) is 4.90 Å². The average molecular weight is 412 g/mol. The maximum Gasteiger partial charge on any atom is 0.243 e. The summed E-state index contributed by atoms with van der Waals surface area (Å²) in [5.74, 6) is 0.719. The van der Waals surface area contributed by atoms with Gasteiger partial charge in [-0.1, -0.05) is 18.2 Å². The van der Waals surface area contributed by atoms with Crippen molar-refractivity contribution in [2.75, 3.05) is 11.9 Å². The van der Waals surface area contributed by atoms with E-state index < -0.39 is 21.9 Å². The van der Waals surface area contributed by atoms with Crippen LogP contribution < -0.4 is 5.32 Å². The van der Waals surface area contributed by atoms with Gasteiger partial charge in [-0.15, -0.1) is 0 Å². The predicted octanol–water partition coefficient (Wildman–Crippen LogP) is 4.19. The van der Waals surface area contributed by atoms with E-state index in [2.05, 4.69) is 15.3 Å². The molecule has 6 nitrogen and oxygen atoms in total. The molecule has 150 valence electrons. The third-order valence-corrected chi connectivity index (χ3v) is 6.89. The molecule has 3 heterocycles. The number of rotatable bonds is 5. The summed E-state index contributed by atoms with van der Waals surface area (Å²) in [4.78, 5) is 8.79. The maximum absolute atomic E-state index is 14.0. The van der Waals surface area contributed by atoms with Crippen LogP contribution in [0.1, 0.15) is 30.1 Å². The molecule has 8 heteroatoms. The Hall–Kier alpha value is -2.84. The van der Waals surface area contributed by atoms with Crippen LogP contribution in [0.4, 0.5) is 16.0 Å². The molecule has 1 aliphatic heterocycles. The lowest BCUT2D eigenvalue weighted by Gasteiger charge is -2.24. The van der Waals surface area contributed by atoms with Crippen LogP contribution in [-0.4, -0.2) is 29.2 Å². The Morgan fingerprint density at radius 2 is 1.93 bits per heavy atom. The van der Waals surface area contributed by atoms with Gasteiger partial charge in [-0.05, 0) is 61.7 Å². The maximum atomic E-state index is 14.0. The van der Waals surface area contributed by atoms with Crippen molar-refractivity contribution in [2.45, 2.75) is 30.7 Å². The highest BCUT2D eigenvalue weighted by Crippen LogP contribution is 2.36. The van der Waals surface area contributed by atoms with Gasteiger partial charge in [0.25, 0.3) is 0 Å². The topological polar surface area (TPSA) is 75.2 Å². The van der Waals surface area contributed by atoms with Gasteiger partial charge in [0.15, 0.2) is 0 Å². The van der Waals surface area contributed by atoms with Gasteiger partial charge < -0.3 is 5.32 Å². The lowest BCUT2D eigenvalue weighted by Crippen LogP contribution is -2.31. The Morgan fingerprint density at radius 3 is 2.69 bits per heavy atom. The van der Waals surface area contributed by atoms with E-state index in [1.54, 1.807) is 19.2 Å². The first-order chi connectivity index (χ1) is 13.9. The van der Waals surface area contributed by atoms with Crippen LogP contribution in [-0.2, 0) is 10.0 Å². The van der Waals surface area contributed by atoms with Crippen molar-refractivity contribution < 1.29 is 12.8 Å². The molecule has 4 rings (SSSR count). The van der Waals surface area contributed by atoms with Crippen molar-refractivity contribution in [3.8, 4) is 0 Å². The van der Waals surface area contributed by atoms with Crippen LogP contribution in [0.25, 0.3) is 0 Å². The summed E-state index contributed by atoms with van der Waals surface area (Å²) in [6, 6.07) is 14.6. The highest BCUT2D eigenvalue weighted by Gasteiger charge is 2.37. The molecule has 1 N–H and O–H groups in total. The molecule has 0 bridgehead atoms. The zero-order valence-electron chi connectivity index (χ0n) is 15.9. The van der Waals surface area contributed by atoms with E-state index in [1.807, 2.05) is 30.3 Å². The Morgan fingerprint density at radius 1 is 1.10 bits per heavy atom. The fourth-order valence-corrected chi connectivity index (χ4v) is 5.15. The summed E-state index contributed by atoms with van der Waals surface area (Å²) in [5, 5.41) is 3.13. The van der Waals surface area contributed by atoms with Gasteiger partial charge in [-0.25, -0.2) is 22.8 Å². The molecule has 0 radical (unpaired) electrons. The number of hydrogen-bond donors (Lipinski definition) is 1. The molecule has 0 unspecified atom stereocenters. The van der Waals surface area contributed by atoms with E-state index in [4.69, 9.17) is 0 Å².